The molecule has 2 aliphatic carbocycles. The van der Waals surface area contributed by atoms with Crippen LogP contribution in [0, 0.1) is 17.8 Å². The van der Waals surface area contributed by atoms with Crippen molar-refractivity contribution in [1.82, 2.24) is 15.6 Å². The molecule has 0 saturated heterocycles. The molecule has 2 fully saturated rings. The van der Waals surface area contributed by atoms with E-state index in [0.717, 1.165) is 12.3 Å². The Labute approximate surface area is 137 Å². The highest BCUT2D eigenvalue weighted by molar-refractivity contribution is 5.96. The predicted octanol–water partition coefficient (Wildman–Crippen LogP) is 2.14. The molecule has 0 bridgehead atoms. The number of pyridine rings is 1. The monoisotopic (exact) mass is 315 g/mol. The molecule has 1 aromatic heterocycles. The van der Waals surface area contributed by atoms with Crippen molar-refractivity contribution < 1.29 is 9.59 Å². The molecule has 2 amide bonds. The SMILES string of the molecule is CC(C)C(NC(=O)c1ccccn1)C(=O)NC1CCC[C@@H]2C[C@H]12. The molecule has 0 aromatic carbocycles. The summed E-state index contributed by atoms with van der Waals surface area (Å²) in [6.07, 6.45) is 6.39. The summed E-state index contributed by atoms with van der Waals surface area (Å²) in [5.41, 5.74) is 0.339. The van der Waals surface area contributed by atoms with Gasteiger partial charge in [-0.2, -0.15) is 0 Å². The van der Waals surface area contributed by atoms with Crippen LogP contribution in [0.25, 0.3) is 0 Å². The summed E-state index contributed by atoms with van der Waals surface area (Å²) in [4.78, 5) is 29.0. The first-order valence-electron chi connectivity index (χ1n) is 8.58. The molecule has 23 heavy (non-hydrogen) atoms. The molecule has 2 N–H and O–H groups in total. The van der Waals surface area contributed by atoms with Gasteiger partial charge in [-0.1, -0.05) is 32.8 Å². The van der Waals surface area contributed by atoms with E-state index in [9.17, 15) is 9.59 Å². The van der Waals surface area contributed by atoms with E-state index < -0.39 is 6.04 Å². The fraction of sp³-hybridized carbons (Fsp3) is 0.611. The van der Waals surface area contributed by atoms with Gasteiger partial charge < -0.3 is 10.6 Å². The number of fused-ring (bicyclic) bond motifs is 1. The number of amides is 2. The van der Waals surface area contributed by atoms with Gasteiger partial charge in [-0.3, -0.25) is 14.6 Å². The first kappa shape index (κ1) is 16.0. The van der Waals surface area contributed by atoms with Gasteiger partial charge in [-0.05, 0) is 42.7 Å². The second kappa shape index (κ2) is 6.69. The number of hydrogen-bond donors (Lipinski definition) is 2. The van der Waals surface area contributed by atoms with Crippen LogP contribution >= 0.6 is 0 Å². The second-order valence-corrected chi connectivity index (χ2v) is 7.12. The number of aromatic nitrogens is 1. The van der Waals surface area contributed by atoms with Crippen LogP contribution in [0.15, 0.2) is 24.4 Å². The molecule has 0 spiro atoms. The standard InChI is InChI=1S/C18H25N3O2/c1-11(2)16(21-17(22)15-7-3-4-9-19-15)18(23)20-14-8-5-6-12-10-13(12)14/h3-4,7,9,11-14,16H,5-6,8,10H2,1-2H3,(H,20,23)(H,21,22)/t12-,13+,14?,16?/m1/s1. The van der Waals surface area contributed by atoms with Gasteiger partial charge in [0.2, 0.25) is 5.91 Å². The zero-order valence-electron chi connectivity index (χ0n) is 13.8. The highest BCUT2D eigenvalue weighted by atomic mass is 16.2. The quantitative estimate of drug-likeness (QED) is 0.874. The predicted molar refractivity (Wildman–Crippen MR) is 87.7 cm³/mol. The van der Waals surface area contributed by atoms with Gasteiger partial charge in [0, 0.05) is 12.2 Å². The average Bonchev–Trinajstić information content (AvgIpc) is 3.33. The maximum atomic E-state index is 12.6. The lowest BCUT2D eigenvalue weighted by atomic mass is 9.94. The minimum absolute atomic E-state index is 0.0289. The third kappa shape index (κ3) is 3.71. The van der Waals surface area contributed by atoms with Gasteiger partial charge in [-0.15, -0.1) is 0 Å². The molecule has 5 heteroatoms. The van der Waals surface area contributed by atoms with Gasteiger partial charge in [-0.25, -0.2) is 0 Å². The Kier molecular flexibility index (Phi) is 4.64. The van der Waals surface area contributed by atoms with Crippen molar-refractivity contribution in [2.45, 2.75) is 51.6 Å². The van der Waals surface area contributed by atoms with Crippen LogP contribution < -0.4 is 10.6 Å². The van der Waals surface area contributed by atoms with E-state index in [1.807, 2.05) is 13.8 Å². The fourth-order valence-electron chi connectivity index (χ4n) is 3.61. The van der Waals surface area contributed by atoms with Crippen LogP contribution in [0.2, 0.25) is 0 Å². The van der Waals surface area contributed by atoms with E-state index in [4.69, 9.17) is 0 Å². The van der Waals surface area contributed by atoms with E-state index in [0.29, 0.717) is 11.6 Å². The number of carbonyl (C=O) groups excluding carboxylic acids is 2. The summed E-state index contributed by atoms with van der Waals surface area (Å²) in [6.45, 7) is 3.90. The van der Waals surface area contributed by atoms with Crippen molar-refractivity contribution >= 4 is 11.8 Å². The molecule has 2 saturated carbocycles. The van der Waals surface area contributed by atoms with Crippen LogP contribution in [0.3, 0.4) is 0 Å². The van der Waals surface area contributed by atoms with Crippen LogP contribution in [-0.4, -0.2) is 28.9 Å². The van der Waals surface area contributed by atoms with E-state index in [1.54, 1.807) is 24.4 Å². The number of rotatable bonds is 5. The molecular weight excluding hydrogens is 290 g/mol. The molecule has 1 aromatic rings. The Morgan fingerprint density at radius 1 is 1.26 bits per heavy atom. The number of hydrogen-bond acceptors (Lipinski definition) is 3. The second-order valence-electron chi connectivity index (χ2n) is 7.12. The lowest BCUT2D eigenvalue weighted by Gasteiger charge is -2.27. The van der Waals surface area contributed by atoms with Gasteiger partial charge in [0.25, 0.3) is 5.91 Å². The third-order valence-corrected chi connectivity index (χ3v) is 5.05. The highest BCUT2D eigenvalue weighted by Gasteiger charge is 2.46. The zero-order chi connectivity index (χ0) is 16.4. The van der Waals surface area contributed by atoms with Gasteiger partial charge in [0.05, 0.1) is 0 Å². The fourth-order valence-corrected chi connectivity index (χ4v) is 3.61. The lowest BCUT2D eigenvalue weighted by Crippen LogP contribution is -2.53. The van der Waals surface area contributed by atoms with Crippen molar-refractivity contribution in [2.24, 2.45) is 17.8 Å². The van der Waals surface area contributed by atoms with E-state index in [-0.39, 0.29) is 23.8 Å². The molecule has 2 aliphatic rings. The highest BCUT2D eigenvalue weighted by Crippen LogP contribution is 2.49. The lowest BCUT2D eigenvalue weighted by molar-refractivity contribution is -0.125. The smallest absolute Gasteiger partial charge is 0.270 e. The molecule has 1 heterocycles. The van der Waals surface area contributed by atoms with E-state index in [2.05, 4.69) is 15.6 Å². The van der Waals surface area contributed by atoms with E-state index in [1.165, 1.54) is 19.3 Å². The first-order chi connectivity index (χ1) is 11.1. The van der Waals surface area contributed by atoms with Crippen LogP contribution in [0.1, 0.15) is 50.0 Å². The Morgan fingerprint density at radius 2 is 2.09 bits per heavy atom. The molecule has 0 aliphatic heterocycles. The summed E-state index contributed by atoms with van der Waals surface area (Å²) in [5.74, 6) is 1.14. The van der Waals surface area contributed by atoms with Gasteiger partial charge in [0.15, 0.2) is 0 Å². The van der Waals surface area contributed by atoms with Crippen molar-refractivity contribution in [3.8, 4) is 0 Å². The van der Waals surface area contributed by atoms with Gasteiger partial charge in [0.1, 0.15) is 11.7 Å². The third-order valence-electron chi connectivity index (χ3n) is 5.05. The maximum Gasteiger partial charge on any atom is 0.270 e. The van der Waals surface area contributed by atoms with Crippen molar-refractivity contribution in [3.63, 3.8) is 0 Å². The zero-order valence-corrected chi connectivity index (χ0v) is 13.8. The normalized spacial score (nSPS) is 27.0. The molecule has 0 radical (unpaired) electrons. The van der Waals surface area contributed by atoms with Crippen molar-refractivity contribution in [1.29, 1.82) is 0 Å². The van der Waals surface area contributed by atoms with Crippen molar-refractivity contribution in [2.75, 3.05) is 0 Å². The molecule has 124 valence electrons. The Hall–Kier alpha value is -1.91. The molecule has 3 rings (SSSR count). The molecule has 2 unspecified atom stereocenters. The average molecular weight is 315 g/mol. The number of nitrogens with one attached hydrogen (secondary N) is 2. The summed E-state index contributed by atoms with van der Waals surface area (Å²) in [6, 6.07) is 4.94. The molecular formula is C18H25N3O2. The minimum atomic E-state index is -0.524. The summed E-state index contributed by atoms with van der Waals surface area (Å²) >= 11 is 0. The van der Waals surface area contributed by atoms with Crippen LogP contribution in [0.4, 0.5) is 0 Å². The Balaban J connectivity index is 1.61. The summed E-state index contributed by atoms with van der Waals surface area (Å²) < 4.78 is 0. The largest absolute Gasteiger partial charge is 0.351 e. The summed E-state index contributed by atoms with van der Waals surface area (Å²) in [5, 5.41) is 6.01. The van der Waals surface area contributed by atoms with Crippen molar-refractivity contribution in [3.05, 3.63) is 30.1 Å². The summed E-state index contributed by atoms with van der Waals surface area (Å²) in [7, 11) is 0. The topological polar surface area (TPSA) is 71.1 Å². The Morgan fingerprint density at radius 3 is 2.78 bits per heavy atom. The molecule has 4 atom stereocenters. The van der Waals surface area contributed by atoms with Gasteiger partial charge >= 0.3 is 0 Å². The van der Waals surface area contributed by atoms with Crippen LogP contribution in [-0.2, 0) is 4.79 Å². The van der Waals surface area contributed by atoms with E-state index >= 15 is 0 Å². The first-order valence-corrected chi connectivity index (χ1v) is 8.58. The van der Waals surface area contributed by atoms with Crippen LogP contribution in [0.5, 0.6) is 0 Å². The Bertz CT molecular complexity index is 573. The molecule has 5 nitrogen and oxygen atoms in total. The number of carbonyl (C=O) groups is 2. The number of nitrogens with zero attached hydrogens (tertiary/aromatic N) is 1. The minimum Gasteiger partial charge on any atom is -0.351 e. The maximum absolute atomic E-state index is 12.6.